The van der Waals surface area contributed by atoms with Gasteiger partial charge in [-0.15, -0.1) is 0 Å². The van der Waals surface area contributed by atoms with E-state index in [2.05, 4.69) is 0 Å². The molecule has 1 aromatic rings. The van der Waals surface area contributed by atoms with Gasteiger partial charge in [-0.2, -0.15) is 0 Å². The molecule has 20 heavy (non-hydrogen) atoms. The van der Waals surface area contributed by atoms with E-state index in [1.165, 1.54) is 17.9 Å². The molecule has 0 spiro atoms. The maximum Gasteiger partial charge on any atom is 0.240 e. The molecule has 2 amide bonds. The standard InChI is InChI=1S/C13H14N2O4S/c1-8(16)9-2-3-11-10(6-9)15(5-4-12(14)17)13(18)7-20(11)19/h2-3,6H,4-5,7H2,1H3,(H2,14,17). The number of hydrogen-bond donors (Lipinski definition) is 1. The van der Waals surface area contributed by atoms with Gasteiger partial charge in [0.15, 0.2) is 5.78 Å². The van der Waals surface area contributed by atoms with Crippen LogP contribution in [0.3, 0.4) is 0 Å². The molecular formula is C13H14N2O4S. The molecule has 0 bridgehead atoms. The molecule has 0 saturated carbocycles. The highest BCUT2D eigenvalue weighted by Crippen LogP contribution is 2.30. The van der Waals surface area contributed by atoms with Crippen molar-refractivity contribution < 1.29 is 18.6 Å². The second-order valence-corrected chi connectivity index (χ2v) is 5.91. The Bertz CT molecular complexity index is 627. The summed E-state index contributed by atoms with van der Waals surface area (Å²) in [5, 5.41) is 0. The number of hydrogen-bond acceptors (Lipinski definition) is 4. The summed E-state index contributed by atoms with van der Waals surface area (Å²) in [7, 11) is -1.42. The lowest BCUT2D eigenvalue weighted by molar-refractivity contribution is -0.118. The maximum absolute atomic E-state index is 12.0. The number of ketones is 1. The van der Waals surface area contributed by atoms with Gasteiger partial charge in [-0.05, 0) is 19.1 Å². The van der Waals surface area contributed by atoms with E-state index < -0.39 is 16.7 Å². The van der Waals surface area contributed by atoms with Crippen molar-refractivity contribution in [2.45, 2.75) is 18.2 Å². The van der Waals surface area contributed by atoms with Gasteiger partial charge in [0.2, 0.25) is 11.8 Å². The Labute approximate surface area is 118 Å². The van der Waals surface area contributed by atoms with E-state index in [0.717, 1.165) is 0 Å². The summed E-state index contributed by atoms with van der Waals surface area (Å²) in [6.07, 6.45) is 0.0160. The smallest absolute Gasteiger partial charge is 0.240 e. The van der Waals surface area contributed by atoms with Gasteiger partial charge in [0.25, 0.3) is 0 Å². The molecule has 0 fully saturated rings. The van der Waals surface area contributed by atoms with Crippen LogP contribution < -0.4 is 10.6 Å². The Morgan fingerprint density at radius 2 is 2.10 bits per heavy atom. The summed E-state index contributed by atoms with van der Waals surface area (Å²) in [6.45, 7) is 1.54. The largest absolute Gasteiger partial charge is 0.370 e. The third-order valence-electron chi connectivity index (χ3n) is 3.04. The first-order valence-corrected chi connectivity index (χ1v) is 7.34. The van der Waals surface area contributed by atoms with Gasteiger partial charge in [0.1, 0.15) is 5.75 Å². The number of benzene rings is 1. The molecule has 2 rings (SSSR count). The minimum atomic E-state index is -1.42. The average molecular weight is 294 g/mol. The fraction of sp³-hybridized carbons (Fsp3) is 0.308. The summed E-state index contributed by atoms with van der Waals surface area (Å²) in [6, 6.07) is 4.71. The molecule has 1 heterocycles. The van der Waals surface area contributed by atoms with Crippen LogP contribution in [0.15, 0.2) is 23.1 Å². The molecule has 0 aliphatic carbocycles. The van der Waals surface area contributed by atoms with Gasteiger partial charge >= 0.3 is 0 Å². The van der Waals surface area contributed by atoms with Crippen molar-refractivity contribution in [3.05, 3.63) is 23.8 Å². The summed E-state index contributed by atoms with van der Waals surface area (Å²) in [5.41, 5.74) is 5.94. The van der Waals surface area contributed by atoms with Crippen molar-refractivity contribution in [2.75, 3.05) is 17.2 Å². The van der Waals surface area contributed by atoms with Crippen molar-refractivity contribution in [2.24, 2.45) is 5.73 Å². The van der Waals surface area contributed by atoms with Gasteiger partial charge < -0.3 is 10.6 Å². The van der Waals surface area contributed by atoms with E-state index in [9.17, 15) is 18.6 Å². The van der Waals surface area contributed by atoms with E-state index >= 15 is 0 Å². The van der Waals surface area contributed by atoms with Crippen molar-refractivity contribution in [3.63, 3.8) is 0 Å². The number of nitrogens with zero attached hydrogens (tertiary/aromatic N) is 1. The monoisotopic (exact) mass is 294 g/mol. The number of nitrogens with two attached hydrogens (primary N) is 1. The number of fused-ring (bicyclic) bond motifs is 1. The second kappa shape index (κ2) is 5.54. The van der Waals surface area contributed by atoms with Crippen LogP contribution in [0.4, 0.5) is 5.69 Å². The van der Waals surface area contributed by atoms with Crippen molar-refractivity contribution in [1.82, 2.24) is 0 Å². The van der Waals surface area contributed by atoms with Crippen LogP contribution in [0.5, 0.6) is 0 Å². The van der Waals surface area contributed by atoms with Crippen molar-refractivity contribution in [1.29, 1.82) is 0 Å². The highest BCUT2D eigenvalue weighted by atomic mass is 32.2. The molecule has 7 heteroatoms. The lowest BCUT2D eigenvalue weighted by Crippen LogP contribution is -2.40. The molecule has 1 unspecified atom stereocenters. The summed E-state index contributed by atoms with van der Waals surface area (Å²) in [4.78, 5) is 36.1. The molecule has 2 N–H and O–H groups in total. The van der Waals surface area contributed by atoms with E-state index in [1.807, 2.05) is 0 Å². The molecule has 1 aromatic carbocycles. The highest BCUT2D eigenvalue weighted by Gasteiger charge is 2.29. The highest BCUT2D eigenvalue weighted by molar-refractivity contribution is 7.86. The topological polar surface area (TPSA) is 97.5 Å². The van der Waals surface area contributed by atoms with Gasteiger partial charge in [0.05, 0.1) is 21.4 Å². The Hall–Kier alpha value is -2.02. The number of anilines is 1. The molecule has 0 aromatic heterocycles. The van der Waals surface area contributed by atoms with E-state index in [1.54, 1.807) is 12.1 Å². The molecule has 6 nitrogen and oxygen atoms in total. The SMILES string of the molecule is CC(=O)c1ccc2c(c1)N(CCC(N)=O)C(=O)CS2=O. The number of Topliss-reactive ketones (excluding diaryl/α,β-unsaturated/α-hetero) is 1. The maximum atomic E-state index is 12.0. The minimum Gasteiger partial charge on any atom is -0.370 e. The van der Waals surface area contributed by atoms with Crippen LogP contribution in [0, 0.1) is 0 Å². The Balaban J connectivity index is 2.45. The fourth-order valence-electron chi connectivity index (χ4n) is 2.01. The van der Waals surface area contributed by atoms with E-state index in [-0.39, 0.29) is 30.4 Å². The zero-order valence-corrected chi connectivity index (χ0v) is 11.7. The number of carbonyl (C=O) groups excluding carboxylic acids is 3. The number of carbonyl (C=O) groups is 3. The summed E-state index contributed by atoms with van der Waals surface area (Å²) in [5.74, 6) is -1.12. The lowest BCUT2D eigenvalue weighted by Gasteiger charge is -2.28. The zero-order chi connectivity index (χ0) is 14.9. The van der Waals surface area contributed by atoms with Gasteiger partial charge in [-0.3, -0.25) is 18.6 Å². The normalized spacial score (nSPS) is 17.8. The fourth-order valence-corrected chi connectivity index (χ4v) is 3.17. The first-order valence-electron chi connectivity index (χ1n) is 6.02. The summed E-state index contributed by atoms with van der Waals surface area (Å²) < 4.78 is 11.9. The van der Waals surface area contributed by atoms with Crippen LogP contribution >= 0.6 is 0 Å². The van der Waals surface area contributed by atoms with E-state index in [4.69, 9.17) is 5.73 Å². The molecule has 0 saturated heterocycles. The predicted molar refractivity (Wildman–Crippen MR) is 73.9 cm³/mol. The Morgan fingerprint density at radius 1 is 1.40 bits per heavy atom. The van der Waals surface area contributed by atoms with Gasteiger partial charge in [-0.1, -0.05) is 6.07 Å². The predicted octanol–water partition coefficient (Wildman–Crippen LogP) is 0.219. The molecule has 0 radical (unpaired) electrons. The molecule has 1 aliphatic heterocycles. The van der Waals surface area contributed by atoms with Crippen LogP contribution in [-0.2, 0) is 20.4 Å². The van der Waals surface area contributed by atoms with E-state index in [0.29, 0.717) is 16.1 Å². The third kappa shape index (κ3) is 2.77. The molecular weight excluding hydrogens is 280 g/mol. The third-order valence-corrected chi connectivity index (χ3v) is 4.38. The van der Waals surface area contributed by atoms with Gasteiger partial charge in [-0.25, -0.2) is 0 Å². The van der Waals surface area contributed by atoms with Crippen molar-refractivity contribution >= 4 is 34.1 Å². The van der Waals surface area contributed by atoms with Crippen LogP contribution in [0.25, 0.3) is 0 Å². The zero-order valence-electron chi connectivity index (χ0n) is 10.9. The number of primary amides is 1. The lowest BCUT2D eigenvalue weighted by atomic mass is 10.1. The quantitative estimate of drug-likeness (QED) is 0.803. The molecule has 1 aliphatic rings. The molecule has 1 atom stereocenters. The Morgan fingerprint density at radius 3 is 2.70 bits per heavy atom. The first-order chi connectivity index (χ1) is 9.40. The van der Waals surface area contributed by atoms with Crippen LogP contribution in [0.2, 0.25) is 0 Å². The first kappa shape index (κ1) is 14.4. The second-order valence-electron chi connectivity index (χ2n) is 4.49. The molecule has 106 valence electrons. The van der Waals surface area contributed by atoms with Crippen molar-refractivity contribution in [3.8, 4) is 0 Å². The Kier molecular flexibility index (Phi) is 3.99. The minimum absolute atomic E-state index is 0.0160. The van der Waals surface area contributed by atoms with Crippen LogP contribution in [0.1, 0.15) is 23.7 Å². The number of amides is 2. The van der Waals surface area contributed by atoms with Gasteiger partial charge in [0, 0.05) is 18.5 Å². The average Bonchev–Trinajstić information content (AvgIpc) is 2.37. The van der Waals surface area contributed by atoms with Crippen LogP contribution in [-0.4, -0.2) is 34.1 Å². The summed E-state index contributed by atoms with van der Waals surface area (Å²) >= 11 is 0. The number of rotatable bonds is 4.